The Kier molecular flexibility index (Phi) is 9.52. The van der Waals surface area contributed by atoms with Gasteiger partial charge < -0.3 is 24.6 Å². The van der Waals surface area contributed by atoms with Crippen LogP contribution in [0.4, 0.5) is 5.69 Å². The minimum absolute atomic E-state index is 0. The third-order valence-electron chi connectivity index (χ3n) is 6.56. The Morgan fingerprint density at radius 2 is 2.00 bits per heavy atom. The predicted molar refractivity (Wildman–Crippen MR) is 137 cm³/mol. The molecule has 1 aromatic rings. The van der Waals surface area contributed by atoms with Gasteiger partial charge in [-0.25, -0.2) is 0 Å². The maximum absolute atomic E-state index is 5.52. The Hall–Kier alpha value is -1.26. The van der Waals surface area contributed by atoms with Crippen LogP contribution in [0.2, 0.25) is 0 Å². The quantitative estimate of drug-likeness (QED) is 0.338. The van der Waals surface area contributed by atoms with E-state index in [9.17, 15) is 0 Å². The monoisotopic (exact) mass is 543 g/mol. The van der Waals surface area contributed by atoms with Crippen LogP contribution in [-0.2, 0) is 4.74 Å². The third-order valence-corrected chi connectivity index (χ3v) is 6.56. The molecule has 31 heavy (non-hydrogen) atoms. The lowest BCUT2D eigenvalue weighted by molar-refractivity contribution is 0.0195. The van der Waals surface area contributed by atoms with Gasteiger partial charge in [0.2, 0.25) is 0 Å². The molecule has 3 saturated heterocycles. The van der Waals surface area contributed by atoms with Crippen molar-refractivity contribution < 1.29 is 9.47 Å². The fraction of sp³-hybridized carbons (Fsp3) is 0.696. The molecule has 0 bridgehead atoms. The number of guanidine groups is 1. The molecule has 1 N–H and O–H groups in total. The van der Waals surface area contributed by atoms with Crippen LogP contribution in [0.1, 0.15) is 19.8 Å². The molecule has 0 aliphatic carbocycles. The minimum atomic E-state index is 0. The molecule has 174 valence electrons. The van der Waals surface area contributed by atoms with Crippen molar-refractivity contribution in [2.45, 2.75) is 25.8 Å². The largest absolute Gasteiger partial charge is 0.497 e. The summed E-state index contributed by atoms with van der Waals surface area (Å²) in [4.78, 5) is 12.6. The number of halogens is 1. The number of anilines is 1. The van der Waals surface area contributed by atoms with Crippen LogP contribution in [0.15, 0.2) is 29.3 Å². The van der Waals surface area contributed by atoms with E-state index in [1.807, 2.05) is 6.07 Å². The summed E-state index contributed by atoms with van der Waals surface area (Å²) < 4.78 is 10.9. The van der Waals surface area contributed by atoms with Gasteiger partial charge in [-0.2, -0.15) is 0 Å². The molecule has 0 amide bonds. The van der Waals surface area contributed by atoms with E-state index < -0.39 is 0 Å². The number of hydrogen-bond donors (Lipinski definition) is 1. The van der Waals surface area contributed by atoms with Crippen molar-refractivity contribution in [3.05, 3.63) is 24.3 Å². The van der Waals surface area contributed by atoms with E-state index >= 15 is 0 Å². The van der Waals surface area contributed by atoms with Gasteiger partial charge in [0.1, 0.15) is 5.75 Å². The number of ether oxygens (including phenoxy) is 2. The summed E-state index contributed by atoms with van der Waals surface area (Å²) in [6, 6.07) is 9.01. The van der Waals surface area contributed by atoms with Crippen LogP contribution < -0.4 is 15.0 Å². The van der Waals surface area contributed by atoms with Crippen LogP contribution in [0.25, 0.3) is 0 Å². The average Bonchev–Trinajstić information content (AvgIpc) is 3.47. The number of hydrogen-bond acceptors (Lipinski definition) is 5. The Morgan fingerprint density at radius 3 is 2.77 bits per heavy atom. The van der Waals surface area contributed by atoms with Crippen molar-refractivity contribution in [1.82, 2.24) is 15.1 Å². The first kappa shape index (κ1) is 24.4. The second-order valence-electron chi connectivity index (χ2n) is 8.53. The van der Waals surface area contributed by atoms with Crippen molar-refractivity contribution >= 4 is 35.6 Å². The van der Waals surface area contributed by atoms with E-state index in [1.165, 1.54) is 18.5 Å². The van der Waals surface area contributed by atoms with Gasteiger partial charge in [0.25, 0.3) is 0 Å². The summed E-state index contributed by atoms with van der Waals surface area (Å²) in [7, 11) is 1.73. The highest BCUT2D eigenvalue weighted by Crippen LogP contribution is 2.27. The number of morpholine rings is 1. The highest BCUT2D eigenvalue weighted by molar-refractivity contribution is 14.0. The van der Waals surface area contributed by atoms with Crippen LogP contribution in [0.5, 0.6) is 5.75 Å². The molecule has 7 nitrogen and oxygen atoms in total. The summed E-state index contributed by atoms with van der Waals surface area (Å²) >= 11 is 0. The van der Waals surface area contributed by atoms with Gasteiger partial charge in [0.15, 0.2) is 5.96 Å². The van der Waals surface area contributed by atoms with Gasteiger partial charge in [0.05, 0.1) is 20.3 Å². The Labute approximate surface area is 204 Å². The lowest BCUT2D eigenvalue weighted by Crippen LogP contribution is -2.46. The molecule has 3 heterocycles. The summed E-state index contributed by atoms with van der Waals surface area (Å²) in [6.45, 7) is 12.2. The molecule has 3 fully saturated rings. The molecule has 0 saturated carbocycles. The van der Waals surface area contributed by atoms with Gasteiger partial charge in [-0.15, -0.1) is 24.0 Å². The zero-order valence-electron chi connectivity index (χ0n) is 19.0. The van der Waals surface area contributed by atoms with Gasteiger partial charge in [-0.3, -0.25) is 9.89 Å². The van der Waals surface area contributed by atoms with Crippen molar-refractivity contribution in [3.63, 3.8) is 0 Å². The molecule has 0 aromatic heterocycles. The normalized spacial score (nSPS) is 24.9. The Balaban J connectivity index is 0.00000272. The van der Waals surface area contributed by atoms with Crippen LogP contribution in [-0.4, -0.2) is 94.5 Å². The molecule has 1 aromatic carbocycles. The lowest BCUT2D eigenvalue weighted by Gasteiger charge is -2.32. The second kappa shape index (κ2) is 12.1. The van der Waals surface area contributed by atoms with E-state index in [0.717, 1.165) is 77.3 Å². The van der Waals surface area contributed by atoms with Crippen molar-refractivity contribution in [3.8, 4) is 5.75 Å². The molecule has 8 heteroatoms. The van der Waals surface area contributed by atoms with Crippen molar-refractivity contribution in [1.29, 1.82) is 0 Å². The number of rotatable bonds is 6. The molecule has 4 rings (SSSR count). The zero-order chi connectivity index (χ0) is 20.8. The molecular weight excluding hydrogens is 505 g/mol. The standard InChI is InChI=1S/C23H37N5O2.HI/c1-3-24-23(28-10-8-21(18-28)26-11-13-30-14-12-26)25-16-19-7-9-27(17-19)20-5-4-6-22(15-20)29-2;/h4-6,15,19,21H,3,7-14,16-18H2,1-2H3,(H,24,25);1H. The number of likely N-dealkylation sites (tertiary alicyclic amines) is 1. The maximum atomic E-state index is 5.52. The molecule has 3 aliphatic rings. The van der Waals surface area contributed by atoms with Gasteiger partial charge in [-0.1, -0.05) is 6.07 Å². The predicted octanol–water partition coefficient (Wildman–Crippen LogP) is 2.51. The first-order valence-corrected chi connectivity index (χ1v) is 11.5. The van der Waals surface area contributed by atoms with Gasteiger partial charge in [0, 0.05) is 70.2 Å². The van der Waals surface area contributed by atoms with E-state index in [2.05, 4.69) is 45.1 Å². The average molecular weight is 543 g/mol. The molecule has 2 atom stereocenters. The second-order valence-corrected chi connectivity index (χ2v) is 8.53. The van der Waals surface area contributed by atoms with Gasteiger partial charge in [-0.05, 0) is 37.8 Å². The molecule has 0 radical (unpaired) electrons. The number of benzene rings is 1. The Morgan fingerprint density at radius 1 is 1.16 bits per heavy atom. The van der Waals surface area contributed by atoms with E-state index in [4.69, 9.17) is 14.5 Å². The highest BCUT2D eigenvalue weighted by atomic mass is 127. The van der Waals surface area contributed by atoms with Crippen LogP contribution >= 0.6 is 24.0 Å². The summed E-state index contributed by atoms with van der Waals surface area (Å²) in [5.74, 6) is 2.61. The fourth-order valence-corrected chi connectivity index (χ4v) is 4.84. The number of nitrogens with one attached hydrogen (secondary N) is 1. The van der Waals surface area contributed by atoms with E-state index in [0.29, 0.717) is 12.0 Å². The van der Waals surface area contributed by atoms with E-state index in [1.54, 1.807) is 7.11 Å². The zero-order valence-corrected chi connectivity index (χ0v) is 21.3. The van der Waals surface area contributed by atoms with Crippen LogP contribution in [0.3, 0.4) is 0 Å². The first-order chi connectivity index (χ1) is 14.8. The smallest absolute Gasteiger partial charge is 0.193 e. The molecule has 0 spiro atoms. The molecule has 3 aliphatic heterocycles. The number of aliphatic imine (C=N–C) groups is 1. The van der Waals surface area contributed by atoms with Crippen LogP contribution in [0, 0.1) is 5.92 Å². The third kappa shape index (κ3) is 6.38. The number of methoxy groups -OCH3 is 1. The van der Waals surface area contributed by atoms with Crippen molar-refractivity contribution in [2.75, 3.05) is 77.6 Å². The lowest BCUT2D eigenvalue weighted by atomic mass is 10.1. The summed E-state index contributed by atoms with van der Waals surface area (Å²) in [5, 5.41) is 3.53. The maximum Gasteiger partial charge on any atom is 0.193 e. The summed E-state index contributed by atoms with van der Waals surface area (Å²) in [5.41, 5.74) is 1.25. The minimum Gasteiger partial charge on any atom is -0.497 e. The van der Waals surface area contributed by atoms with E-state index in [-0.39, 0.29) is 24.0 Å². The molecular formula is C23H38IN5O2. The highest BCUT2D eigenvalue weighted by Gasteiger charge is 2.30. The molecule has 2 unspecified atom stereocenters. The van der Waals surface area contributed by atoms with Gasteiger partial charge >= 0.3 is 0 Å². The van der Waals surface area contributed by atoms with Crippen molar-refractivity contribution in [2.24, 2.45) is 10.9 Å². The SMILES string of the molecule is CCNC(=NCC1CCN(c2cccc(OC)c2)C1)N1CCC(N2CCOCC2)C1.I. The first-order valence-electron chi connectivity index (χ1n) is 11.5. The number of nitrogens with zero attached hydrogens (tertiary/aromatic N) is 4. The fourth-order valence-electron chi connectivity index (χ4n) is 4.84. The summed E-state index contributed by atoms with van der Waals surface area (Å²) in [6.07, 6.45) is 2.41. The Bertz CT molecular complexity index is 713. The topological polar surface area (TPSA) is 52.6 Å².